The molecule has 0 saturated carbocycles. The normalized spacial score (nSPS) is 14.5. The molecule has 0 fully saturated rings. The van der Waals surface area contributed by atoms with Crippen LogP contribution in [0.3, 0.4) is 0 Å². The average molecular weight is 861 g/mol. The van der Waals surface area contributed by atoms with Gasteiger partial charge >= 0.3 is 6.85 Å². The molecule has 8 heteroatoms. The van der Waals surface area contributed by atoms with Crippen LogP contribution in [0.1, 0.15) is 0 Å². The van der Waals surface area contributed by atoms with Gasteiger partial charge in [0.05, 0.1) is 22.7 Å². The molecule has 0 aliphatic carbocycles. The molecule has 0 amide bonds. The Kier molecular flexibility index (Phi) is 6.62. The Hall–Kier alpha value is -8.61. The van der Waals surface area contributed by atoms with Crippen molar-refractivity contribution in [2.24, 2.45) is 0 Å². The minimum absolute atomic E-state index is 0.0247. The van der Waals surface area contributed by atoms with E-state index in [9.17, 15) is 0 Å². The summed E-state index contributed by atoms with van der Waals surface area (Å²) in [6.07, 6.45) is 0. The van der Waals surface area contributed by atoms with Crippen LogP contribution in [-0.4, -0.2) is 20.3 Å². The molecule has 0 N–H and O–H groups in total. The highest BCUT2D eigenvalue weighted by Crippen LogP contribution is 2.60. The van der Waals surface area contributed by atoms with Crippen molar-refractivity contribution in [1.29, 1.82) is 0 Å². The summed E-state index contributed by atoms with van der Waals surface area (Å²) >= 11 is 0. The number of benzene rings is 10. The SMILES string of the molecule is c1ccc(-c2ccc3c(c2)N2c4ccccc4B4c5c(cc6c(c52)B3c2ccccc2O6)-c2cc3c5c6c2N4c2ccccc2N6c2cc(-c4ccccc4)ccc2B5c2ccccc2O3)cc1. The summed E-state index contributed by atoms with van der Waals surface area (Å²) in [6.45, 7) is -0.204. The monoisotopic (exact) mass is 861 g/mol. The molecule has 7 heterocycles. The molecule has 7 aliphatic heterocycles. The van der Waals surface area contributed by atoms with E-state index < -0.39 is 0 Å². The van der Waals surface area contributed by atoms with Crippen molar-refractivity contribution < 1.29 is 9.47 Å². The molecule has 0 unspecified atom stereocenters. The largest absolute Gasteiger partial charge is 0.458 e. The highest BCUT2D eigenvalue weighted by molar-refractivity contribution is 7.02. The lowest BCUT2D eigenvalue weighted by atomic mass is 9.31. The van der Waals surface area contributed by atoms with Crippen LogP contribution < -0.4 is 67.8 Å². The summed E-state index contributed by atoms with van der Waals surface area (Å²) < 4.78 is 14.4. The van der Waals surface area contributed by atoms with Crippen molar-refractivity contribution in [2.75, 3.05) is 14.6 Å². The number of nitrogens with zero attached hydrogens (tertiary/aromatic N) is 3. The summed E-state index contributed by atoms with van der Waals surface area (Å²) in [4.78, 5) is 7.85. The van der Waals surface area contributed by atoms with Gasteiger partial charge in [-0.15, -0.1) is 0 Å². The number of anilines is 8. The van der Waals surface area contributed by atoms with Crippen LogP contribution in [0.5, 0.6) is 23.0 Å². The Morgan fingerprint density at radius 2 is 0.779 bits per heavy atom. The summed E-state index contributed by atoms with van der Waals surface area (Å²) in [5.41, 5.74) is 26.6. The smallest absolute Gasteiger partial charge is 0.333 e. The van der Waals surface area contributed by atoms with Crippen LogP contribution >= 0.6 is 0 Å². The minimum atomic E-state index is -0.146. The van der Waals surface area contributed by atoms with Gasteiger partial charge in [-0.2, -0.15) is 0 Å². The number of rotatable bonds is 2. The van der Waals surface area contributed by atoms with Crippen molar-refractivity contribution in [1.82, 2.24) is 0 Å². The van der Waals surface area contributed by atoms with E-state index in [1.807, 2.05) is 0 Å². The van der Waals surface area contributed by atoms with Crippen LogP contribution in [0.25, 0.3) is 33.4 Å². The van der Waals surface area contributed by atoms with E-state index in [2.05, 4.69) is 221 Å². The van der Waals surface area contributed by atoms with E-state index in [0.717, 1.165) is 34.2 Å². The molecular weight excluding hydrogens is 827 g/mol. The van der Waals surface area contributed by atoms with E-state index >= 15 is 0 Å². The average Bonchev–Trinajstić information content (AvgIpc) is 3.40. The van der Waals surface area contributed by atoms with E-state index in [4.69, 9.17) is 9.47 Å². The van der Waals surface area contributed by atoms with Gasteiger partial charge in [0.25, 0.3) is 13.4 Å². The first-order valence-electron chi connectivity index (χ1n) is 23.7. The third-order valence-corrected chi connectivity index (χ3v) is 15.8. The van der Waals surface area contributed by atoms with Crippen molar-refractivity contribution in [3.05, 3.63) is 206 Å². The van der Waals surface area contributed by atoms with Gasteiger partial charge < -0.3 is 24.1 Å². The van der Waals surface area contributed by atoms with Crippen LogP contribution in [-0.2, 0) is 0 Å². The lowest BCUT2D eigenvalue weighted by Gasteiger charge is -2.54. The molecular formula is C60H34B3N3O2. The number of fused-ring (bicyclic) bond motifs is 18. The predicted octanol–water partition coefficient (Wildman–Crippen LogP) is 9.38. The topological polar surface area (TPSA) is 28.2 Å². The van der Waals surface area contributed by atoms with Crippen LogP contribution in [0.15, 0.2) is 206 Å². The molecule has 0 saturated heterocycles. The van der Waals surface area contributed by atoms with Gasteiger partial charge in [-0.05, 0) is 126 Å². The zero-order chi connectivity index (χ0) is 43.9. The molecule has 10 aromatic carbocycles. The molecule has 10 aromatic rings. The fourth-order valence-electron chi connectivity index (χ4n) is 13.2. The number of ether oxygens (including phenoxy) is 2. The molecule has 0 spiro atoms. The van der Waals surface area contributed by atoms with Crippen LogP contribution in [0.4, 0.5) is 45.5 Å². The molecule has 310 valence electrons. The third kappa shape index (κ3) is 4.33. The van der Waals surface area contributed by atoms with Crippen molar-refractivity contribution in [2.45, 2.75) is 0 Å². The van der Waals surface area contributed by atoms with Crippen LogP contribution in [0, 0.1) is 0 Å². The standard InChI is InChI=1S/C60H34B3N3O2/c1-3-15-35(16-4-1)37-27-29-41-49(31-37)64-46-22-10-7-19-43(46)63-55-39(33-53-56(59(55)64)61(41)44-20-8-13-25-51(44)67-53)40-34-54-57-60-58(40)66(63)48-24-12-11-23-47(48)65(60)50-32-38(36-17-5-2-6-18-36)28-30-42(50)62(57)45-21-9-14-26-52(45)68-54/h1-34H. The highest BCUT2D eigenvalue weighted by atomic mass is 16.5. The maximum absolute atomic E-state index is 7.19. The first-order chi connectivity index (χ1) is 33.8. The Balaban J connectivity index is 1.01. The zero-order valence-electron chi connectivity index (χ0n) is 36.5. The van der Waals surface area contributed by atoms with Gasteiger partial charge in [-0.25, -0.2) is 0 Å². The number of hydrogen-bond donors (Lipinski definition) is 0. The molecule has 0 atom stereocenters. The summed E-state index contributed by atoms with van der Waals surface area (Å²) in [5.74, 6) is 3.62. The fourth-order valence-corrected chi connectivity index (χ4v) is 13.2. The van der Waals surface area contributed by atoms with Crippen molar-refractivity contribution in [3.63, 3.8) is 0 Å². The molecule has 5 nitrogen and oxygen atoms in total. The van der Waals surface area contributed by atoms with Gasteiger partial charge in [-0.3, -0.25) is 0 Å². The highest BCUT2D eigenvalue weighted by Gasteiger charge is 2.56. The van der Waals surface area contributed by atoms with Crippen LogP contribution in [0.2, 0.25) is 0 Å². The lowest BCUT2D eigenvalue weighted by Crippen LogP contribution is -2.69. The van der Waals surface area contributed by atoms with Crippen molar-refractivity contribution in [3.8, 4) is 56.4 Å². The Labute approximate surface area is 394 Å². The molecule has 68 heavy (non-hydrogen) atoms. The van der Waals surface area contributed by atoms with Gasteiger partial charge in [0.2, 0.25) is 0 Å². The molecule has 0 bridgehead atoms. The zero-order valence-corrected chi connectivity index (χ0v) is 36.5. The molecule has 17 rings (SSSR count). The maximum Gasteiger partial charge on any atom is 0.333 e. The number of para-hydroxylation sites is 5. The first-order valence-corrected chi connectivity index (χ1v) is 23.7. The lowest BCUT2D eigenvalue weighted by molar-refractivity contribution is 0.486. The van der Waals surface area contributed by atoms with E-state index in [1.54, 1.807) is 0 Å². The third-order valence-electron chi connectivity index (χ3n) is 15.8. The Morgan fingerprint density at radius 3 is 1.40 bits per heavy atom. The maximum atomic E-state index is 7.19. The van der Waals surface area contributed by atoms with E-state index in [1.165, 1.54) is 111 Å². The molecule has 0 aromatic heterocycles. The summed E-state index contributed by atoms with van der Waals surface area (Å²) in [7, 11) is 0. The second-order valence-electron chi connectivity index (χ2n) is 19.0. The Bertz CT molecular complexity index is 3680. The predicted molar refractivity (Wildman–Crippen MR) is 282 cm³/mol. The summed E-state index contributed by atoms with van der Waals surface area (Å²) in [5, 5.41) is 0. The number of hydrogen-bond acceptors (Lipinski definition) is 5. The second-order valence-corrected chi connectivity index (χ2v) is 19.0. The molecule has 0 radical (unpaired) electrons. The Morgan fingerprint density at radius 1 is 0.294 bits per heavy atom. The fraction of sp³-hybridized carbons (Fsp3) is 0. The summed E-state index contributed by atoms with van der Waals surface area (Å²) in [6, 6.07) is 76.1. The molecule has 7 aliphatic rings. The van der Waals surface area contributed by atoms with Gasteiger partial charge in [0, 0.05) is 28.3 Å². The van der Waals surface area contributed by atoms with E-state index in [0.29, 0.717) is 0 Å². The van der Waals surface area contributed by atoms with Crippen molar-refractivity contribution >= 4 is 109 Å². The second kappa shape index (κ2) is 12.6. The van der Waals surface area contributed by atoms with Gasteiger partial charge in [0.15, 0.2) is 0 Å². The van der Waals surface area contributed by atoms with Gasteiger partial charge in [-0.1, -0.05) is 152 Å². The van der Waals surface area contributed by atoms with Gasteiger partial charge in [0.1, 0.15) is 23.0 Å². The minimum Gasteiger partial charge on any atom is -0.458 e. The first kappa shape index (κ1) is 35.6. The van der Waals surface area contributed by atoms with E-state index in [-0.39, 0.29) is 20.3 Å². The quantitative estimate of drug-likeness (QED) is 0.162.